The van der Waals surface area contributed by atoms with E-state index in [1.54, 1.807) is 18.2 Å². The van der Waals surface area contributed by atoms with E-state index in [-0.39, 0.29) is 17.2 Å². The molecule has 0 atom stereocenters. The van der Waals surface area contributed by atoms with E-state index >= 15 is 0 Å². The normalized spacial score (nSPS) is 10.7. The number of hydrogen-bond acceptors (Lipinski definition) is 4. The maximum atomic E-state index is 13.4. The summed E-state index contributed by atoms with van der Waals surface area (Å²) >= 11 is 3.27. The number of carboxylic acids is 1. The zero-order valence-corrected chi connectivity index (χ0v) is 12.9. The highest BCUT2D eigenvalue weighted by Crippen LogP contribution is 2.28. The van der Waals surface area contributed by atoms with Gasteiger partial charge < -0.3 is 9.84 Å². The molecule has 0 aliphatic carbocycles. The van der Waals surface area contributed by atoms with Gasteiger partial charge in [-0.15, -0.1) is 5.10 Å². The Labute approximate surface area is 136 Å². The summed E-state index contributed by atoms with van der Waals surface area (Å²) in [6, 6.07) is 8.27. The van der Waals surface area contributed by atoms with Crippen LogP contribution in [0.3, 0.4) is 0 Å². The summed E-state index contributed by atoms with van der Waals surface area (Å²) in [4.78, 5) is 22.8. The molecule has 23 heavy (non-hydrogen) atoms. The standard InChI is InChI=1S/C15H8BrFN2O4/c16-7-1-3-9-10(5-7)13(20)18-19-14(9)23-8-2-4-12(17)11(6-8)15(21)22/h1-6H,(H,18,20)(H,21,22). The summed E-state index contributed by atoms with van der Waals surface area (Å²) in [5, 5.41) is 15.8. The van der Waals surface area contributed by atoms with Gasteiger partial charge >= 0.3 is 5.97 Å². The lowest BCUT2D eigenvalue weighted by molar-refractivity contribution is 0.0691. The molecule has 0 amide bonds. The van der Waals surface area contributed by atoms with Crippen LogP contribution in [0.2, 0.25) is 0 Å². The molecule has 3 aromatic rings. The average molecular weight is 379 g/mol. The SMILES string of the molecule is O=C(O)c1cc(Oc2n[nH]c(=O)c3cc(Br)ccc23)ccc1F. The predicted molar refractivity (Wildman–Crippen MR) is 83.5 cm³/mol. The van der Waals surface area contributed by atoms with Crippen LogP contribution < -0.4 is 10.3 Å². The maximum Gasteiger partial charge on any atom is 0.338 e. The summed E-state index contributed by atoms with van der Waals surface area (Å²) in [5.74, 6) is -2.10. The molecule has 6 nitrogen and oxygen atoms in total. The summed E-state index contributed by atoms with van der Waals surface area (Å²) in [7, 11) is 0. The molecule has 8 heteroatoms. The Morgan fingerprint density at radius 1 is 1.22 bits per heavy atom. The molecule has 2 aromatic carbocycles. The Morgan fingerprint density at radius 2 is 2.00 bits per heavy atom. The topological polar surface area (TPSA) is 92.3 Å². The fraction of sp³-hybridized carbons (Fsp3) is 0. The van der Waals surface area contributed by atoms with Crippen molar-refractivity contribution in [1.29, 1.82) is 0 Å². The Kier molecular flexibility index (Phi) is 3.83. The van der Waals surface area contributed by atoms with Crippen LogP contribution in [-0.2, 0) is 0 Å². The van der Waals surface area contributed by atoms with Gasteiger partial charge in [-0.25, -0.2) is 14.3 Å². The molecule has 116 valence electrons. The Bertz CT molecular complexity index is 987. The summed E-state index contributed by atoms with van der Waals surface area (Å²) < 4.78 is 19.6. The number of benzene rings is 2. The zero-order valence-electron chi connectivity index (χ0n) is 11.3. The van der Waals surface area contributed by atoms with Gasteiger partial charge in [-0.1, -0.05) is 15.9 Å². The first-order chi connectivity index (χ1) is 11.0. The zero-order chi connectivity index (χ0) is 16.6. The molecule has 2 N–H and O–H groups in total. The molecule has 1 aromatic heterocycles. The lowest BCUT2D eigenvalue weighted by atomic mass is 10.2. The van der Waals surface area contributed by atoms with Gasteiger partial charge in [0.2, 0.25) is 5.88 Å². The van der Waals surface area contributed by atoms with E-state index in [9.17, 15) is 14.0 Å². The van der Waals surface area contributed by atoms with Crippen LogP contribution in [0.4, 0.5) is 4.39 Å². The number of nitrogens with zero attached hydrogens (tertiary/aromatic N) is 1. The van der Waals surface area contributed by atoms with Crippen LogP contribution in [-0.4, -0.2) is 21.3 Å². The second-order valence-corrected chi connectivity index (χ2v) is 5.51. The third kappa shape index (κ3) is 2.93. The summed E-state index contributed by atoms with van der Waals surface area (Å²) in [6.45, 7) is 0. The minimum absolute atomic E-state index is 0.0787. The molecule has 0 radical (unpaired) electrons. The fourth-order valence-electron chi connectivity index (χ4n) is 2.03. The number of fused-ring (bicyclic) bond motifs is 1. The highest BCUT2D eigenvalue weighted by molar-refractivity contribution is 9.10. The third-order valence-electron chi connectivity index (χ3n) is 3.10. The largest absolute Gasteiger partial charge is 0.478 e. The molecule has 0 saturated heterocycles. The molecule has 3 rings (SSSR count). The number of hydrogen-bond donors (Lipinski definition) is 2. The van der Waals surface area contributed by atoms with Crippen LogP contribution in [0.5, 0.6) is 11.6 Å². The van der Waals surface area contributed by atoms with Gasteiger partial charge in [0, 0.05) is 4.47 Å². The van der Waals surface area contributed by atoms with Crippen molar-refractivity contribution in [3.8, 4) is 11.6 Å². The highest BCUT2D eigenvalue weighted by atomic mass is 79.9. The van der Waals surface area contributed by atoms with Gasteiger partial charge in [-0.05, 0) is 36.4 Å². The third-order valence-corrected chi connectivity index (χ3v) is 3.59. The number of halogens is 2. The number of aromatic carboxylic acids is 1. The van der Waals surface area contributed by atoms with E-state index in [1.165, 1.54) is 6.07 Å². The Balaban J connectivity index is 2.09. The number of aromatic amines is 1. The van der Waals surface area contributed by atoms with Crippen LogP contribution in [0.1, 0.15) is 10.4 Å². The van der Waals surface area contributed by atoms with E-state index in [1.807, 2.05) is 0 Å². The molecular formula is C15H8BrFN2O4. The van der Waals surface area contributed by atoms with E-state index < -0.39 is 17.3 Å². The van der Waals surface area contributed by atoms with Crippen molar-refractivity contribution >= 4 is 32.7 Å². The van der Waals surface area contributed by atoms with E-state index in [0.29, 0.717) is 15.2 Å². The number of ether oxygens (including phenoxy) is 1. The van der Waals surface area contributed by atoms with Gasteiger partial charge in [-0.2, -0.15) is 0 Å². The highest BCUT2D eigenvalue weighted by Gasteiger charge is 2.14. The second kappa shape index (κ2) is 5.81. The van der Waals surface area contributed by atoms with Crippen LogP contribution in [0.25, 0.3) is 10.8 Å². The summed E-state index contributed by atoms with van der Waals surface area (Å²) in [5.41, 5.74) is -0.905. The quantitative estimate of drug-likeness (QED) is 0.729. The molecule has 1 heterocycles. The number of aromatic nitrogens is 2. The number of H-pyrrole nitrogens is 1. The maximum absolute atomic E-state index is 13.4. The molecule has 0 aliphatic rings. The van der Waals surface area contributed by atoms with Gasteiger partial charge in [0.05, 0.1) is 16.3 Å². The van der Waals surface area contributed by atoms with Gasteiger partial charge in [-0.3, -0.25) is 4.79 Å². The van der Waals surface area contributed by atoms with Crippen LogP contribution in [0.15, 0.2) is 45.7 Å². The first kappa shape index (κ1) is 15.2. The number of nitrogens with one attached hydrogen (secondary N) is 1. The number of carboxylic acid groups (broad SMARTS) is 1. The fourth-order valence-corrected chi connectivity index (χ4v) is 2.40. The van der Waals surface area contributed by atoms with Crippen LogP contribution in [0, 0.1) is 5.82 Å². The van der Waals surface area contributed by atoms with E-state index in [2.05, 4.69) is 26.1 Å². The monoisotopic (exact) mass is 378 g/mol. The minimum atomic E-state index is -1.41. The van der Waals surface area contributed by atoms with E-state index in [4.69, 9.17) is 9.84 Å². The molecule has 0 fully saturated rings. The van der Waals surface area contributed by atoms with Gasteiger partial charge in [0.1, 0.15) is 11.6 Å². The minimum Gasteiger partial charge on any atom is -0.478 e. The van der Waals surface area contributed by atoms with Gasteiger partial charge in [0.15, 0.2) is 0 Å². The van der Waals surface area contributed by atoms with Crippen molar-refractivity contribution in [3.05, 3.63) is 62.6 Å². The predicted octanol–water partition coefficient (Wildman–Crippen LogP) is 3.32. The molecule has 0 spiro atoms. The van der Waals surface area contributed by atoms with Crippen molar-refractivity contribution in [2.24, 2.45) is 0 Å². The molecule has 0 unspecified atom stereocenters. The van der Waals surface area contributed by atoms with Crippen molar-refractivity contribution < 1.29 is 19.0 Å². The van der Waals surface area contributed by atoms with Crippen LogP contribution >= 0.6 is 15.9 Å². The Morgan fingerprint density at radius 3 is 2.74 bits per heavy atom. The Hall–Kier alpha value is -2.74. The lowest BCUT2D eigenvalue weighted by Crippen LogP contribution is -2.09. The van der Waals surface area contributed by atoms with Crippen molar-refractivity contribution in [2.45, 2.75) is 0 Å². The van der Waals surface area contributed by atoms with Gasteiger partial charge in [0.25, 0.3) is 5.56 Å². The second-order valence-electron chi connectivity index (χ2n) is 4.60. The lowest BCUT2D eigenvalue weighted by Gasteiger charge is -2.08. The number of rotatable bonds is 3. The first-order valence-electron chi connectivity index (χ1n) is 6.34. The summed E-state index contributed by atoms with van der Waals surface area (Å²) in [6.07, 6.45) is 0. The molecular weight excluding hydrogens is 371 g/mol. The molecule has 0 aliphatic heterocycles. The average Bonchev–Trinajstić information content (AvgIpc) is 2.52. The number of carbonyl (C=O) groups is 1. The first-order valence-corrected chi connectivity index (χ1v) is 7.13. The van der Waals surface area contributed by atoms with Crippen molar-refractivity contribution in [1.82, 2.24) is 10.2 Å². The van der Waals surface area contributed by atoms with Crippen molar-refractivity contribution in [2.75, 3.05) is 0 Å². The molecule has 0 bridgehead atoms. The van der Waals surface area contributed by atoms with E-state index in [0.717, 1.165) is 12.1 Å². The van der Waals surface area contributed by atoms with Crippen molar-refractivity contribution in [3.63, 3.8) is 0 Å². The molecule has 0 saturated carbocycles. The smallest absolute Gasteiger partial charge is 0.338 e.